The van der Waals surface area contributed by atoms with Crippen LogP contribution < -0.4 is 10.1 Å². The van der Waals surface area contributed by atoms with Crippen LogP contribution in [0.25, 0.3) is 0 Å². The van der Waals surface area contributed by atoms with Crippen molar-refractivity contribution in [1.29, 1.82) is 0 Å². The second kappa shape index (κ2) is 9.73. The van der Waals surface area contributed by atoms with Gasteiger partial charge < -0.3 is 19.7 Å². The number of carbonyl (C=O) groups is 3. The molecule has 1 aliphatic heterocycles. The lowest BCUT2D eigenvalue weighted by atomic mass is 10.1. The van der Waals surface area contributed by atoms with Gasteiger partial charge in [-0.05, 0) is 30.5 Å². The molecule has 0 bridgehead atoms. The summed E-state index contributed by atoms with van der Waals surface area (Å²) < 4.78 is 11.2. The average molecular weight is 441 g/mol. The van der Waals surface area contributed by atoms with Gasteiger partial charge in [0.05, 0.1) is 25.7 Å². The van der Waals surface area contributed by atoms with E-state index in [1.165, 1.54) is 12.0 Å². The summed E-state index contributed by atoms with van der Waals surface area (Å²) in [4.78, 5) is 38.9. The van der Waals surface area contributed by atoms with E-state index in [1.54, 1.807) is 18.2 Å². The van der Waals surface area contributed by atoms with Gasteiger partial charge in [-0.25, -0.2) is 0 Å². The Morgan fingerprint density at radius 3 is 2.78 bits per heavy atom. The van der Waals surface area contributed by atoms with Gasteiger partial charge in [0.25, 0.3) is 5.91 Å². The summed E-state index contributed by atoms with van der Waals surface area (Å²) in [5.41, 5.74) is 0.333. The Labute approximate surface area is 167 Å². The minimum atomic E-state index is -0.901. The first kappa shape index (κ1) is 21.2. The highest BCUT2D eigenvalue weighted by Crippen LogP contribution is 2.26. The van der Waals surface area contributed by atoms with Gasteiger partial charge >= 0.3 is 5.97 Å². The van der Waals surface area contributed by atoms with E-state index in [1.807, 2.05) is 13.8 Å². The lowest BCUT2D eigenvalue weighted by Gasteiger charge is -2.34. The summed E-state index contributed by atoms with van der Waals surface area (Å²) in [6.07, 6.45) is 0.576. The van der Waals surface area contributed by atoms with Gasteiger partial charge in [-0.1, -0.05) is 29.8 Å². The van der Waals surface area contributed by atoms with E-state index in [2.05, 4.69) is 21.2 Å². The van der Waals surface area contributed by atoms with Crippen LogP contribution in [-0.4, -0.2) is 55.5 Å². The molecule has 8 heteroatoms. The maximum Gasteiger partial charge on any atom is 0.308 e. The normalized spacial score (nSPS) is 16.9. The van der Waals surface area contributed by atoms with Gasteiger partial charge in [-0.2, -0.15) is 0 Å². The van der Waals surface area contributed by atoms with Crippen LogP contribution >= 0.6 is 15.9 Å². The maximum atomic E-state index is 13.1. The molecule has 1 aliphatic rings. The number of hydrogen-bond donors (Lipinski definition) is 1. The van der Waals surface area contributed by atoms with Crippen molar-refractivity contribution in [2.75, 3.05) is 26.8 Å². The number of esters is 1. The standard InChI is InChI=1S/C19H25BrN2O5/c1-12(2)6-9-27-17(23)11-15-18(24)21-7-8-22(15)19(25)14-10-13(20)4-5-16(14)26-3/h4-5,10,12,15H,6-9,11H2,1-3H3,(H,21,24). The Morgan fingerprint density at radius 2 is 2.11 bits per heavy atom. The van der Waals surface area contributed by atoms with Gasteiger partial charge in [0, 0.05) is 17.6 Å². The highest BCUT2D eigenvalue weighted by Gasteiger charge is 2.36. The molecule has 1 fully saturated rings. The van der Waals surface area contributed by atoms with Crippen molar-refractivity contribution < 1.29 is 23.9 Å². The molecule has 1 atom stereocenters. The topological polar surface area (TPSA) is 84.9 Å². The third kappa shape index (κ3) is 5.69. The fourth-order valence-corrected chi connectivity index (χ4v) is 3.15. The largest absolute Gasteiger partial charge is 0.496 e. The van der Waals surface area contributed by atoms with E-state index in [-0.39, 0.29) is 18.2 Å². The van der Waals surface area contributed by atoms with Crippen LogP contribution in [0.5, 0.6) is 5.75 Å². The van der Waals surface area contributed by atoms with E-state index < -0.39 is 12.0 Å². The van der Waals surface area contributed by atoms with Gasteiger partial charge in [0.1, 0.15) is 11.8 Å². The Kier molecular flexibility index (Phi) is 7.65. The molecule has 1 aromatic rings. The number of halogens is 1. The van der Waals surface area contributed by atoms with Gasteiger partial charge in [-0.3, -0.25) is 14.4 Å². The van der Waals surface area contributed by atoms with Crippen LogP contribution in [0.1, 0.15) is 37.0 Å². The first-order valence-corrected chi connectivity index (χ1v) is 9.70. The van der Waals surface area contributed by atoms with E-state index >= 15 is 0 Å². The predicted molar refractivity (Wildman–Crippen MR) is 104 cm³/mol. The van der Waals surface area contributed by atoms with Crippen molar-refractivity contribution in [3.63, 3.8) is 0 Å². The Hall–Kier alpha value is -2.09. The van der Waals surface area contributed by atoms with Crippen molar-refractivity contribution in [2.24, 2.45) is 5.92 Å². The lowest BCUT2D eigenvalue weighted by molar-refractivity contribution is -0.148. The molecule has 1 aromatic carbocycles. The second-order valence-corrected chi connectivity index (χ2v) is 7.67. The monoisotopic (exact) mass is 440 g/mol. The molecular weight excluding hydrogens is 416 g/mol. The third-order valence-electron chi connectivity index (χ3n) is 4.30. The summed E-state index contributed by atoms with van der Waals surface area (Å²) in [5.74, 6) is -0.380. The van der Waals surface area contributed by atoms with E-state index in [0.717, 1.165) is 10.9 Å². The number of rotatable bonds is 7. The molecular formula is C19H25BrN2O5. The van der Waals surface area contributed by atoms with Gasteiger partial charge in [0.15, 0.2) is 0 Å². The number of carbonyl (C=O) groups excluding carboxylic acids is 3. The molecule has 0 saturated carbocycles. The zero-order valence-electron chi connectivity index (χ0n) is 15.8. The summed E-state index contributed by atoms with van der Waals surface area (Å²) >= 11 is 3.35. The van der Waals surface area contributed by atoms with Crippen LogP contribution in [0.2, 0.25) is 0 Å². The number of methoxy groups -OCH3 is 1. The lowest BCUT2D eigenvalue weighted by Crippen LogP contribution is -2.57. The fourth-order valence-electron chi connectivity index (χ4n) is 2.79. The van der Waals surface area contributed by atoms with Crippen molar-refractivity contribution in [3.8, 4) is 5.75 Å². The summed E-state index contributed by atoms with van der Waals surface area (Å²) in [6, 6.07) is 4.19. The molecule has 1 N–H and O–H groups in total. The first-order valence-electron chi connectivity index (χ1n) is 8.91. The third-order valence-corrected chi connectivity index (χ3v) is 4.80. The fraction of sp³-hybridized carbons (Fsp3) is 0.526. The zero-order chi connectivity index (χ0) is 20.0. The van der Waals surface area contributed by atoms with Crippen molar-refractivity contribution in [2.45, 2.75) is 32.7 Å². The number of benzene rings is 1. The molecule has 7 nitrogen and oxygen atoms in total. The van der Waals surface area contributed by atoms with Crippen LogP contribution in [0.4, 0.5) is 0 Å². The zero-order valence-corrected chi connectivity index (χ0v) is 17.4. The molecule has 27 heavy (non-hydrogen) atoms. The number of hydrogen-bond acceptors (Lipinski definition) is 5. The number of piperazine rings is 1. The molecule has 148 valence electrons. The molecule has 0 aromatic heterocycles. The van der Waals surface area contributed by atoms with E-state index in [9.17, 15) is 14.4 Å². The highest BCUT2D eigenvalue weighted by atomic mass is 79.9. The Balaban J connectivity index is 2.15. The Morgan fingerprint density at radius 1 is 1.37 bits per heavy atom. The maximum absolute atomic E-state index is 13.1. The average Bonchev–Trinajstić information content (AvgIpc) is 2.62. The van der Waals surface area contributed by atoms with E-state index in [4.69, 9.17) is 9.47 Å². The summed E-state index contributed by atoms with van der Waals surface area (Å²) in [6.45, 7) is 5.02. The van der Waals surface area contributed by atoms with Crippen molar-refractivity contribution in [1.82, 2.24) is 10.2 Å². The SMILES string of the molecule is COc1ccc(Br)cc1C(=O)N1CCNC(=O)C1CC(=O)OCCC(C)C. The Bertz CT molecular complexity index is 707. The van der Waals surface area contributed by atoms with Crippen LogP contribution in [-0.2, 0) is 14.3 Å². The van der Waals surface area contributed by atoms with Crippen LogP contribution in [0.15, 0.2) is 22.7 Å². The number of nitrogens with zero attached hydrogens (tertiary/aromatic N) is 1. The molecule has 1 unspecified atom stereocenters. The number of nitrogens with one attached hydrogen (secondary N) is 1. The highest BCUT2D eigenvalue weighted by molar-refractivity contribution is 9.10. The van der Waals surface area contributed by atoms with Crippen molar-refractivity contribution >= 4 is 33.7 Å². The van der Waals surface area contributed by atoms with Crippen molar-refractivity contribution in [3.05, 3.63) is 28.2 Å². The molecule has 2 amide bonds. The van der Waals surface area contributed by atoms with E-state index in [0.29, 0.717) is 36.9 Å². The predicted octanol–water partition coefficient (Wildman–Crippen LogP) is 2.38. The molecule has 1 heterocycles. The number of ether oxygens (including phenoxy) is 2. The quantitative estimate of drug-likeness (QED) is 0.657. The summed E-state index contributed by atoms with van der Waals surface area (Å²) in [5, 5.41) is 2.71. The first-order chi connectivity index (χ1) is 12.8. The second-order valence-electron chi connectivity index (χ2n) is 6.76. The molecule has 0 spiro atoms. The van der Waals surface area contributed by atoms with Gasteiger partial charge in [-0.15, -0.1) is 0 Å². The smallest absolute Gasteiger partial charge is 0.308 e. The van der Waals surface area contributed by atoms with Crippen LogP contribution in [0.3, 0.4) is 0 Å². The molecule has 0 radical (unpaired) electrons. The number of amides is 2. The molecule has 1 saturated heterocycles. The molecule has 0 aliphatic carbocycles. The molecule has 2 rings (SSSR count). The van der Waals surface area contributed by atoms with Crippen LogP contribution in [0, 0.1) is 5.92 Å². The summed E-state index contributed by atoms with van der Waals surface area (Å²) in [7, 11) is 1.48. The van der Waals surface area contributed by atoms with Gasteiger partial charge in [0.2, 0.25) is 5.91 Å². The minimum Gasteiger partial charge on any atom is -0.496 e. The minimum absolute atomic E-state index is 0.175.